The van der Waals surface area contributed by atoms with Gasteiger partial charge in [0, 0.05) is 54.3 Å². The van der Waals surface area contributed by atoms with E-state index in [0.29, 0.717) is 25.3 Å². The van der Waals surface area contributed by atoms with Gasteiger partial charge in [0.05, 0.1) is 12.6 Å². The Morgan fingerprint density at radius 2 is 1.93 bits per heavy atom. The van der Waals surface area contributed by atoms with Crippen molar-refractivity contribution in [1.82, 2.24) is 15.2 Å². The van der Waals surface area contributed by atoms with Gasteiger partial charge in [-0.3, -0.25) is 9.59 Å². The highest BCUT2D eigenvalue weighted by Crippen LogP contribution is 2.42. The van der Waals surface area contributed by atoms with Gasteiger partial charge >= 0.3 is 0 Å². The molecule has 4 rings (SSSR count). The van der Waals surface area contributed by atoms with E-state index >= 15 is 0 Å². The summed E-state index contributed by atoms with van der Waals surface area (Å²) < 4.78 is 4.97. The first kappa shape index (κ1) is 19.2. The predicted octanol–water partition coefficient (Wildman–Crippen LogP) is 3.17. The lowest BCUT2D eigenvalue weighted by molar-refractivity contribution is -0.121. The van der Waals surface area contributed by atoms with Crippen LogP contribution in [0.3, 0.4) is 0 Å². The third-order valence-electron chi connectivity index (χ3n) is 5.48. The Kier molecular flexibility index (Phi) is 5.36. The molecule has 150 valence electrons. The molecule has 0 bridgehead atoms. The number of methoxy groups -OCH3 is 1. The van der Waals surface area contributed by atoms with Crippen LogP contribution in [-0.4, -0.2) is 48.5 Å². The van der Waals surface area contributed by atoms with E-state index in [-0.39, 0.29) is 24.3 Å². The molecule has 29 heavy (non-hydrogen) atoms. The van der Waals surface area contributed by atoms with Crippen molar-refractivity contribution in [2.75, 3.05) is 26.8 Å². The Bertz CT molecular complexity index is 1060. The second kappa shape index (κ2) is 8.09. The minimum Gasteiger partial charge on any atom is -0.383 e. The predicted molar refractivity (Wildman–Crippen MR) is 112 cm³/mol. The van der Waals surface area contributed by atoms with Crippen LogP contribution >= 0.6 is 0 Å². The number of hydrogen-bond donors (Lipinski definition) is 2. The number of amides is 2. The molecule has 1 unspecified atom stereocenters. The van der Waals surface area contributed by atoms with Gasteiger partial charge in [-0.2, -0.15) is 0 Å². The maximum atomic E-state index is 13.2. The molecule has 0 fully saturated rings. The topological polar surface area (TPSA) is 74.4 Å². The van der Waals surface area contributed by atoms with Crippen molar-refractivity contribution in [3.8, 4) is 0 Å². The van der Waals surface area contributed by atoms with E-state index in [2.05, 4.69) is 16.4 Å². The lowest BCUT2D eigenvalue weighted by Crippen LogP contribution is -2.34. The van der Waals surface area contributed by atoms with Gasteiger partial charge in [-0.25, -0.2) is 0 Å². The quantitative estimate of drug-likeness (QED) is 0.608. The molecular weight excluding hydrogens is 366 g/mol. The standard InChI is InChI=1S/C23H25N3O3/c1-15-21(18-9-5-6-10-19(18)25-15)22-16-7-3-4-8-17(16)23(28)26(22)13-11-20(27)24-12-14-29-2/h3-10,22,25H,11-14H2,1-2H3,(H,24,27). The summed E-state index contributed by atoms with van der Waals surface area (Å²) in [6, 6.07) is 15.7. The number of rotatable bonds is 7. The van der Waals surface area contributed by atoms with Crippen molar-refractivity contribution >= 4 is 22.7 Å². The zero-order chi connectivity index (χ0) is 20.4. The highest BCUT2D eigenvalue weighted by atomic mass is 16.5. The molecule has 6 nitrogen and oxygen atoms in total. The summed E-state index contributed by atoms with van der Waals surface area (Å²) in [6.07, 6.45) is 0.251. The maximum absolute atomic E-state index is 13.2. The van der Waals surface area contributed by atoms with Gasteiger partial charge in [0.1, 0.15) is 0 Å². The average molecular weight is 391 g/mol. The van der Waals surface area contributed by atoms with Crippen LogP contribution < -0.4 is 5.32 Å². The van der Waals surface area contributed by atoms with Crippen molar-refractivity contribution in [2.24, 2.45) is 0 Å². The van der Waals surface area contributed by atoms with Gasteiger partial charge < -0.3 is 19.9 Å². The maximum Gasteiger partial charge on any atom is 0.255 e. The number of hydrogen-bond acceptors (Lipinski definition) is 3. The lowest BCUT2D eigenvalue weighted by Gasteiger charge is -2.26. The number of nitrogens with zero attached hydrogens (tertiary/aromatic N) is 1. The first-order chi connectivity index (χ1) is 14.1. The molecule has 0 saturated carbocycles. The summed E-state index contributed by atoms with van der Waals surface area (Å²) in [5.41, 5.74) is 4.88. The van der Waals surface area contributed by atoms with Crippen LogP contribution in [0.5, 0.6) is 0 Å². The van der Waals surface area contributed by atoms with Crippen LogP contribution in [-0.2, 0) is 9.53 Å². The highest BCUT2D eigenvalue weighted by Gasteiger charge is 2.39. The van der Waals surface area contributed by atoms with Gasteiger partial charge in [-0.1, -0.05) is 36.4 Å². The van der Waals surface area contributed by atoms with Gasteiger partial charge in [0.2, 0.25) is 5.91 Å². The summed E-state index contributed by atoms with van der Waals surface area (Å²) in [5, 5.41) is 3.93. The number of aromatic amines is 1. The Hall–Kier alpha value is -3.12. The first-order valence-corrected chi connectivity index (χ1v) is 9.84. The number of aryl methyl sites for hydroxylation is 1. The van der Waals surface area contributed by atoms with Crippen molar-refractivity contribution < 1.29 is 14.3 Å². The van der Waals surface area contributed by atoms with Gasteiger partial charge in [0.25, 0.3) is 5.91 Å². The smallest absolute Gasteiger partial charge is 0.255 e. The molecule has 1 aromatic heterocycles. The Morgan fingerprint density at radius 1 is 1.17 bits per heavy atom. The zero-order valence-corrected chi connectivity index (χ0v) is 16.7. The second-order valence-corrected chi connectivity index (χ2v) is 7.29. The van der Waals surface area contributed by atoms with E-state index in [1.165, 1.54) is 0 Å². The van der Waals surface area contributed by atoms with Crippen LogP contribution in [0.15, 0.2) is 48.5 Å². The molecule has 1 aliphatic heterocycles. The Morgan fingerprint density at radius 3 is 2.76 bits per heavy atom. The normalized spacial score (nSPS) is 15.7. The van der Waals surface area contributed by atoms with Crippen molar-refractivity contribution in [3.05, 3.63) is 70.9 Å². The average Bonchev–Trinajstić information content (AvgIpc) is 3.20. The van der Waals surface area contributed by atoms with Crippen LogP contribution in [0, 0.1) is 6.92 Å². The van der Waals surface area contributed by atoms with E-state index in [1.54, 1.807) is 7.11 Å². The number of ether oxygens (including phenoxy) is 1. The summed E-state index contributed by atoms with van der Waals surface area (Å²) in [7, 11) is 1.60. The Balaban J connectivity index is 1.68. The highest BCUT2D eigenvalue weighted by molar-refractivity contribution is 6.01. The van der Waals surface area contributed by atoms with E-state index in [0.717, 1.165) is 27.7 Å². The fourth-order valence-electron chi connectivity index (χ4n) is 4.17. The molecule has 2 amide bonds. The van der Waals surface area contributed by atoms with E-state index < -0.39 is 0 Å². The van der Waals surface area contributed by atoms with E-state index in [1.807, 2.05) is 54.3 Å². The molecule has 2 aromatic carbocycles. The number of para-hydroxylation sites is 1. The van der Waals surface area contributed by atoms with Crippen LogP contribution in [0.25, 0.3) is 10.9 Å². The first-order valence-electron chi connectivity index (χ1n) is 9.84. The fourth-order valence-corrected chi connectivity index (χ4v) is 4.17. The molecule has 1 atom stereocenters. The van der Waals surface area contributed by atoms with Gasteiger partial charge in [-0.05, 0) is 24.6 Å². The van der Waals surface area contributed by atoms with Crippen LogP contribution in [0.2, 0.25) is 0 Å². The lowest BCUT2D eigenvalue weighted by atomic mass is 9.95. The molecule has 1 aliphatic rings. The number of nitrogens with one attached hydrogen (secondary N) is 2. The van der Waals surface area contributed by atoms with Crippen LogP contribution in [0.4, 0.5) is 0 Å². The molecular formula is C23H25N3O3. The fraction of sp³-hybridized carbons (Fsp3) is 0.304. The molecule has 0 aliphatic carbocycles. The third-order valence-corrected chi connectivity index (χ3v) is 5.48. The van der Waals surface area contributed by atoms with Crippen molar-refractivity contribution in [2.45, 2.75) is 19.4 Å². The molecule has 2 heterocycles. The van der Waals surface area contributed by atoms with Crippen molar-refractivity contribution in [1.29, 1.82) is 0 Å². The summed E-state index contributed by atoms with van der Waals surface area (Å²) >= 11 is 0. The number of carbonyl (C=O) groups is 2. The third kappa shape index (κ3) is 3.51. The van der Waals surface area contributed by atoms with Gasteiger partial charge in [-0.15, -0.1) is 0 Å². The van der Waals surface area contributed by atoms with E-state index in [9.17, 15) is 9.59 Å². The number of carbonyl (C=O) groups excluding carboxylic acids is 2. The summed E-state index contributed by atoms with van der Waals surface area (Å²) in [5.74, 6) is -0.111. The summed E-state index contributed by atoms with van der Waals surface area (Å²) in [6.45, 7) is 3.33. The zero-order valence-electron chi connectivity index (χ0n) is 16.7. The molecule has 2 N–H and O–H groups in total. The SMILES string of the molecule is COCCNC(=O)CCN1C(=O)c2ccccc2C1c1c(C)[nH]c2ccccc12. The summed E-state index contributed by atoms with van der Waals surface area (Å²) in [4.78, 5) is 30.7. The molecule has 3 aromatic rings. The number of fused-ring (bicyclic) bond motifs is 2. The monoisotopic (exact) mass is 391 g/mol. The minimum absolute atomic E-state index is 0.0278. The molecule has 0 spiro atoms. The molecule has 0 radical (unpaired) electrons. The van der Waals surface area contributed by atoms with Crippen LogP contribution in [0.1, 0.15) is 39.6 Å². The molecule has 0 saturated heterocycles. The Labute approximate surface area is 169 Å². The molecule has 6 heteroatoms. The number of H-pyrrole nitrogens is 1. The largest absolute Gasteiger partial charge is 0.383 e. The van der Waals surface area contributed by atoms with Crippen molar-refractivity contribution in [3.63, 3.8) is 0 Å². The second-order valence-electron chi connectivity index (χ2n) is 7.29. The van der Waals surface area contributed by atoms with Gasteiger partial charge in [0.15, 0.2) is 0 Å². The number of benzene rings is 2. The van der Waals surface area contributed by atoms with E-state index in [4.69, 9.17) is 4.74 Å². The number of aromatic nitrogens is 1. The minimum atomic E-state index is -0.207.